The molecule has 0 amide bonds. The number of aryl methyl sites for hydroxylation is 1. The number of rotatable bonds is 8. The van der Waals surface area contributed by atoms with Gasteiger partial charge < -0.3 is 20.9 Å². The third kappa shape index (κ3) is 5.10. The van der Waals surface area contributed by atoms with Crippen LogP contribution in [0, 0.1) is 6.92 Å². The predicted molar refractivity (Wildman–Crippen MR) is 144 cm³/mol. The second kappa shape index (κ2) is 10.7. The normalized spacial score (nSPS) is 18.3. The smallest absolute Gasteiger partial charge is 0.304 e. The summed E-state index contributed by atoms with van der Waals surface area (Å²) >= 11 is 0. The van der Waals surface area contributed by atoms with Crippen molar-refractivity contribution in [2.45, 2.75) is 43.5 Å². The lowest BCUT2D eigenvalue weighted by Crippen LogP contribution is -2.34. The molecule has 1 aliphatic heterocycles. The number of fused-ring (bicyclic) bond motifs is 1. The Morgan fingerprint density at radius 2 is 1.97 bits per heavy atom. The number of carboxylic acids is 1. The number of nitrogens with two attached hydrogens (primary N) is 1. The molecule has 3 unspecified atom stereocenters. The predicted octanol–water partition coefficient (Wildman–Crippen LogP) is 4.88. The number of carboxylic acid groups (broad SMARTS) is 1. The molecule has 36 heavy (non-hydrogen) atoms. The van der Waals surface area contributed by atoms with Gasteiger partial charge in [0.25, 0.3) is 0 Å². The van der Waals surface area contributed by atoms with Crippen molar-refractivity contribution in [1.29, 1.82) is 0 Å². The van der Waals surface area contributed by atoms with Crippen molar-refractivity contribution >= 4 is 28.3 Å². The zero-order valence-corrected chi connectivity index (χ0v) is 21.9. The first kappa shape index (κ1) is 25.7. The number of aliphatic carboxylic acids is 1. The summed E-state index contributed by atoms with van der Waals surface area (Å²) in [5.41, 5.74) is 12.3. The maximum atomic E-state index is 13.4. The second-order valence-corrected chi connectivity index (χ2v) is 10.7. The minimum Gasteiger partial charge on any atom is -0.494 e. The van der Waals surface area contributed by atoms with Crippen LogP contribution < -0.4 is 15.8 Å². The number of methoxy groups -OCH3 is 1. The number of anilines is 2. The van der Waals surface area contributed by atoms with Crippen molar-refractivity contribution in [3.63, 3.8) is 0 Å². The molecule has 3 aromatic carbocycles. The molecule has 7 nitrogen and oxygen atoms in total. The lowest BCUT2D eigenvalue weighted by atomic mass is 9.86. The van der Waals surface area contributed by atoms with Crippen molar-refractivity contribution in [1.82, 2.24) is 4.31 Å². The van der Waals surface area contributed by atoms with E-state index in [4.69, 9.17) is 10.5 Å². The fourth-order valence-electron chi connectivity index (χ4n) is 4.94. The molecule has 0 radical (unpaired) electrons. The van der Waals surface area contributed by atoms with Gasteiger partial charge in [0, 0.05) is 26.1 Å². The Kier molecular flexibility index (Phi) is 7.66. The summed E-state index contributed by atoms with van der Waals surface area (Å²) in [4.78, 5) is 12.7. The summed E-state index contributed by atoms with van der Waals surface area (Å²) in [5.74, 6) is -0.495. The lowest BCUT2D eigenvalue weighted by Gasteiger charge is -2.32. The molecule has 0 fully saturated rings. The molecule has 3 aromatic rings. The number of benzene rings is 3. The fraction of sp³-hybridized carbons (Fsp3) is 0.321. The summed E-state index contributed by atoms with van der Waals surface area (Å²) in [6, 6.07) is 17.6. The molecule has 1 heterocycles. The van der Waals surface area contributed by atoms with E-state index in [-0.39, 0.29) is 12.3 Å². The zero-order chi connectivity index (χ0) is 26.0. The van der Waals surface area contributed by atoms with Crippen LogP contribution in [0.25, 0.3) is 0 Å². The van der Waals surface area contributed by atoms with Crippen LogP contribution in [-0.4, -0.2) is 40.3 Å². The van der Waals surface area contributed by atoms with Crippen molar-refractivity contribution in [3.8, 4) is 5.75 Å². The van der Waals surface area contributed by atoms with E-state index in [1.165, 1.54) is 0 Å². The van der Waals surface area contributed by atoms with E-state index in [1.54, 1.807) is 20.2 Å². The largest absolute Gasteiger partial charge is 0.494 e. The van der Waals surface area contributed by atoms with E-state index in [1.807, 2.05) is 53.7 Å². The molecular weight excluding hydrogens is 474 g/mol. The van der Waals surface area contributed by atoms with Gasteiger partial charge in [-0.1, -0.05) is 43.3 Å². The molecule has 4 N–H and O–H groups in total. The molecular formula is C28H33N3O4S. The van der Waals surface area contributed by atoms with Gasteiger partial charge in [-0.3, -0.25) is 4.79 Å². The highest BCUT2D eigenvalue weighted by atomic mass is 32.2. The van der Waals surface area contributed by atoms with Crippen molar-refractivity contribution in [2.75, 3.05) is 31.8 Å². The summed E-state index contributed by atoms with van der Waals surface area (Å²) < 4.78 is 20.9. The van der Waals surface area contributed by atoms with Crippen LogP contribution in [0.15, 0.2) is 59.5 Å². The monoisotopic (exact) mass is 507 g/mol. The first-order valence-corrected chi connectivity index (χ1v) is 13.1. The average molecular weight is 508 g/mol. The van der Waals surface area contributed by atoms with E-state index in [0.717, 1.165) is 32.7 Å². The Morgan fingerprint density at radius 1 is 1.22 bits per heavy atom. The molecule has 0 spiro atoms. The number of hydrogen-bond acceptors (Lipinski definition) is 5. The topological polar surface area (TPSA) is 105 Å². The highest BCUT2D eigenvalue weighted by molar-refractivity contribution is 7.82. The van der Waals surface area contributed by atoms with Crippen LogP contribution in [0.3, 0.4) is 0 Å². The molecule has 190 valence electrons. The number of hydrogen-bond donors (Lipinski definition) is 3. The molecule has 0 saturated carbocycles. The van der Waals surface area contributed by atoms with E-state index in [0.29, 0.717) is 30.2 Å². The third-order valence-corrected chi connectivity index (χ3v) is 8.37. The van der Waals surface area contributed by atoms with Crippen LogP contribution in [0.1, 0.15) is 53.0 Å². The van der Waals surface area contributed by atoms with Gasteiger partial charge in [-0.25, -0.2) is 8.51 Å². The van der Waals surface area contributed by atoms with Crippen LogP contribution >= 0.6 is 0 Å². The number of nitrogens with zero attached hydrogens (tertiary/aromatic N) is 1. The van der Waals surface area contributed by atoms with Gasteiger partial charge in [0.15, 0.2) is 0 Å². The molecule has 4 rings (SSSR count). The average Bonchev–Trinajstić information content (AvgIpc) is 2.86. The van der Waals surface area contributed by atoms with E-state index < -0.39 is 22.9 Å². The minimum absolute atomic E-state index is 0.0932. The Morgan fingerprint density at radius 3 is 2.67 bits per heavy atom. The van der Waals surface area contributed by atoms with Gasteiger partial charge in [0.05, 0.1) is 29.8 Å². The van der Waals surface area contributed by atoms with E-state index >= 15 is 0 Å². The summed E-state index contributed by atoms with van der Waals surface area (Å²) in [6.45, 7) is 5.37. The van der Waals surface area contributed by atoms with Gasteiger partial charge in [0.1, 0.15) is 16.7 Å². The van der Waals surface area contributed by atoms with Crippen LogP contribution in [0.2, 0.25) is 0 Å². The van der Waals surface area contributed by atoms with Crippen LogP contribution in [0.5, 0.6) is 5.75 Å². The highest BCUT2D eigenvalue weighted by Crippen LogP contribution is 2.39. The Hall–Kier alpha value is -3.36. The van der Waals surface area contributed by atoms with E-state index in [9.17, 15) is 14.1 Å². The zero-order valence-electron chi connectivity index (χ0n) is 21.1. The van der Waals surface area contributed by atoms with Crippen molar-refractivity contribution in [3.05, 3.63) is 82.4 Å². The first-order valence-electron chi connectivity index (χ1n) is 12.0. The summed E-state index contributed by atoms with van der Waals surface area (Å²) in [5, 5.41) is 12.8. The van der Waals surface area contributed by atoms with Crippen molar-refractivity contribution < 1.29 is 18.8 Å². The Bertz CT molecular complexity index is 1310. The molecule has 0 saturated heterocycles. The molecule has 3 atom stereocenters. The van der Waals surface area contributed by atoms with Crippen molar-refractivity contribution in [2.24, 2.45) is 0 Å². The van der Waals surface area contributed by atoms with Crippen LogP contribution in [-0.2, 0) is 22.3 Å². The summed E-state index contributed by atoms with van der Waals surface area (Å²) in [7, 11) is 2.07. The van der Waals surface area contributed by atoms with Gasteiger partial charge >= 0.3 is 5.97 Å². The first-order chi connectivity index (χ1) is 17.2. The van der Waals surface area contributed by atoms with Gasteiger partial charge in [0.2, 0.25) is 0 Å². The molecule has 0 aliphatic carbocycles. The fourth-order valence-corrected chi connectivity index (χ4v) is 6.50. The number of carbonyl (C=O) groups is 1. The quantitative estimate of drug-likeness (QED) is 0.376. The lowest BCUT2D eigenvalue weighted by molar-refractivity contribution is -0.137. The number of nitrogen functional groups attached to an aromatic ring is 1. The van der Waals surface area contributed by atoms with Gasteiger partial charge in [-0.2, -0.15) is 0 Å². The highest BCUT2D eigenvalue weighted by Gasteiger charge is 2.29. The summed E-state index contributed by atoms with van der Waals surface area (Å²) in [6.07, 6.45) is -0.0932. The van der Waals surface area contributed by atoms with Gasteiger partial charge in [-0.15, -0.1) is 0 Å². The third-order valence-electron chi connectivity index (χ3n) is 6.88. The standard InChI is InChI=1S/C28H33N3O4S/c1-17-9-10-19(23(14-27(32)33)20-12-24(29)28(30-3)25(13-20)35-4)11-21(17)16-31-15-18(2)22-7-5-6-8-26(22)36(31)34/h5-13,18,23,30H,14-16,29H2,1-4H3,(H,32,33). The number of ether oxygens (including phenoxy) is 1. The Balaban J connectivity index is 1.70. The number of nitrogens with one attached hydrogen (secondary N) is 1. The molecule has 0 bridgehead atoms. The molecule has 1 aliphatic rings. The maximum Gasteiger partial charge on any atom is 0.304 e. The minimum atomic E-state index is -1.26. The van der Waals surface area contributed by atoms with Crippen LogP contribution in [0.4, 0.5) is 11.4 Å². The Labute approximate surface area is 214 Å². The second-order valence-electron chi connectivity index (χ2n) is 9.28. The molecule has 0 aromatic heterocycles. The van der Waals surface area contributed by atoms with Gasteiger partial charge in [-0.05, 0) is 58.9 Å². The maximum absolute atomic E-state index is 13.4. The van der Waals surface area contributed by atoms with E-state index in [2.05, 4.69) is 18.3 Å². The molecule has 8 heteroatoms. The SMILES string of the molecule is CNc1c(N)cc(C(CC(=O)O)c2ccc(C)c(CN3CC(C)c4ccccc4S3=O)c2)cc1OC.